The second-order valence-electron chi connectivity index (χ2n) is 9.84. The lowest BCUT2D eigenvalue weighted by Crippen LogP contribution is -2.53. The second-order valence-corrected chi connectivity index (χ2v) is 11.8. The van der Waals surface area contributed by atoms with Gasteiger partial charge in [-0.3, -0.25) is 18.7 Å². The fraction of sp³-hybridized carbons (Fsp3) is 0.464. The zero-order chi connectivity index (χ0) is 27.2. The van der Waals surface area contributed by atoms with Crippen LogP contribution in [-0.2, 0) is 26.2 Å². The predicted octanol–water partition coefficient (Wildman–Crippen LogP) is 3.83. The van der Waals surface area contributed by atoms with Crippen LogP contribution in [0.2, 0.25) is 0 Å². The molecule has 8 nitrogen and oxygen atoms in total. The molecular formula is C28H37N3O5S. The van der Waals surface area contributed by atoms with E-state index in [1.807, 2.05) is 31.2 Å². The van der Waals surface area contributed by atoms with Gasteiger partial charge in [0.05, 0.1) is 11.9 Å². The Morgan fingerprint density at radius 2 is 1.70 bits per heavy atom. The Labute approximate surface area is 220 Å². The van der Waals surface area contributed by atoms with Gasteiger partial charge in [0.15, 0.2) is 5.78 Å². The maximum Gasteiger partial charge on any atom is 0.244 e. The Bertz CT molecular complexity index is 1240. The molecule has 9 heteroatoms. The van der Waals surface area contributed by atoms with E-state index in [9.17, 15) is 22.8 Å². The summed E-state index contributed by atoms with van der Waals surface area (Å²) in [5.41, 5.74) is 2.40. The highest BCUT2D eigenvalue weighted by atomic mass is 32.2. The van der Waals surface area contributed by atoms with E-state index in [0.717, 1.165) is 53.8 Å². The molecule has 1 atom stereocenters. The van der Waals surface area contributed by atoms with Gasteiger partial charge in [0.25, 0.3) is 0 Å². The average molecular weight is 528 g/mol. The molecule has 0 unspecified atom stereocenters. The number of carbonyl (C=O) groups is 3. The van der Waals surface area contributed by atoms with Crippen molar-refractivity contribution in [2.45, 2.75) is 71.5 Å². The molecule has 0 spiro atoms. The first-order valence-electron chi connectivity index (χ1n) is 12.7. The van der Waals surface area contributed by atoms with E-state index in [2.05, 4.69) is 5.32 Å². The van der Waals surface area contributed by atoms with Crippen LogP contribution < -0.4 is 9.62 Å². The summed E-state index contributed by atoms with van der Waals surface area (Å²) >= 11 is 0. The van der Waals surface area contributed by atoms with Crippen LogP contribution in [-0.4, -0.2) is 55.8 Å². The number of rotatable bonds is 10. The minimum atomic E-state index is -3.86. The second kappa shape index (κ2) is 12.4. The number of hydrogen-bond donors (Lipinski definition) is 1. The van der Waals surface area contributed by atoms with Crippen molar-refractivity contribution in [1.29, 1.82) is 0 Å². The Hall–Kier alpha value is -3.20. The number of nitrogens with zero attached hydrogens (tertiary/aromatic N) is 2. The van der Waals surface area contributed by atoms with E-state index < -0.39 is 28.5 Å². The number of aryl methyl sites for hydroxylation is 1. The first-order valence-corrected chi connectivity index (χ1v) is 14.5. The van der Waals surface area contributed by atoms with Gasteiger partial charge >= 0.3 is 0 Å². The molecule has 37 heavy (non-hydrogen) atoms. The normalized spacial score (nSPS) is 15.0. The molecule has 2 aromatic rings. The molecule has 1 aliphatic rings. The Balaban J connectivity index is 1.91. The molecule has 1 N–H and O–H groups in total. The molecule has 2 amide bonds. The fourth-order valence-corrected chi connectivity index (χ4v) is 5.46. The number of Topliss-reactive ketones (excluding diaryl/α,β-unsaturated/α-hetero) is 1. The molecule has 0 radical (unpaired) electrons. The topological polar surface area (TPSA) is 104 Å². The first kappa shape index (κ1) is 28.4. The largest absolute Gasteiger partial charge is 0.352 e. The Morgan fingerprint density at radius 1 is 1.03 bits per heavy atom. The smallest absolute Gasteiger partial charge is 0.244 e. The van der Waals surface area contributed by atoms with E-state index >= 15 is 0 Å². The molecule has 1 fully saturated rings. The molecule has 0 bridgehead atoms. The zero-order valence-corrected chi connectivity index (χ0v) is 22.9. The van der Waals surface area contributed by atoms with Crippen molar-refractivity contribution in [3.8, 4) is 0 Å². The van der Waals surface area contributed by atoms with Crippen LogP contribution in [0.5, 0.6) is 0 Å². The number of amides is 2. The van der Waals surface area contributed by atoms with E-state index in [4.69, 9.17) is 0 Å². The van der Waals surface area contributed by atoms with Gasteiger partial charge in [-0.25, -0.2) is 8.42 Å². The van der Waals surface area contributed by atoms with E-state index in [1.54, 1.807) is 25.1 Å². The minimum absolute atomic E-state index is 0.0842. The van der Waals surface area contributed by atoms with E-state index in [-0.39, 0.29) is 30.0 Å². The summed E-state index contributed by atoms with van der Waals surface area (Å²) in [6.45, 7) is 4.67. The molecule has 0 aromatic heterocycles. The number of sulfonamides is 1. The van der Waals surface area contributed by atoms with Crippen LogP contribution in [0.15, 0.2) is 48.5 Å². The van der Waals surface area contributed by atoms with Crippen LogP contribution in [0.3, 0.4) is 0 Å². The van der Waals surface area contributed by atoms with Crippen molar-refractivity contribution in [3.05, 3.63) is 65.2 Å². The average Bonchev–Trinajstić information content (AvgIpc) is 2.86. The summed E-state index contributed by atoms with van der Waals surface area (Å²) in [6.07, 6.45) is 6.14. The van der Waals surface area contributed by atoms with Crippen molar-refractivity contribution in [3.63, 3.8) is 0 Å². The van der Waals surface area contributed by atoms with Gasteiger partial charge in [-0.15, -0.1) is 0 Å². The van der Waals surface area contributed by atoms with Crippen LogP contribution in [0.1, 0.15) is 67.4 Å². The summed E-state index contributed by atoms with van der Waals surface area (Å²) in [5.74, 6) is -0.970. The fourth-order valence-electron chi connectivity index (χ4n) is 4.62. The van der Waals surface area contributed by atoms with Crippen LogP contribution in [0.4, 0.5) is 5.69 Å². The van der Waals surface area contributed by atoms with Gasteiger partial charge in [-0.2, -0.15) is 0 Å². The summed E-state index contributed by atoms with van der Waals surface area (Å²) in [4.78, 5) is 40.3. The quantitative estimate of drug-likeness (QED) is 0.473. The van der Waals surface area contributed by atoms with Crippen LogP contribution in [0, 0.1) is 6.92 Å². The highest BCUT2D eigenvalue weighted by molar-refractivity contribution is 7.92. The molecule has 0 heterocycles. The number of hydrogen-bond acceptors (Lipinski definition) is 5. The van der Waals surface area contributed by atoms with Gasteiger partial charge in [0.2, 0.25) is 21.8 Å². The Kier molecular flexibility index (Phi) is 9.48. The molecular weight excluding hydrogens is 490 g/mol. The number of anilines is 1. The van der Waals surface area contributed by atoms with Gasteiger partial charge in [0, 0.05) is 18.2 Å². The molecule has 3 rings (SSSR count). The molecule has 0 aliphatic heterocycles. The minimum Gasteiger partial charge on any atom is -0.352 e. The highest BCUT2D eigenvalue weighted by Gasteiger charge is 2.31. The lowest BCUT2D eigenvalue weighted by atomic mass is 9.95. The zero-order valence-electron chi connectivity index (χ0n) is 22.1. The SMILES string of the molecule is CC(=O)c1cccc(N(CC(=O)N(Cc2ccccc2C)[C@H](C)C(=O)NC2CCCCC2)S(C)(=O)=O)c1. The van der Waals surface area contributed by atoms with Crippen molar-refractivity contribution in [1.82, 2.24) is 10.2 Å². The van der Waals surface area contributed by atoms with Crippen molar-refractivity contribution >= 4 is 33.3 Å². The number of nitrogens with one attached hydrogen (secondary N) is 1. The third kappa shape index (κ3) is 7.64. The van der Waals surface area contributed by atoms with Gasteiger partial charge in [-0.1, -0.05) is 55.7 Å². The van der Waals surface area contributed by atoms with E-state index in [0.29, 0.717) is 5.56 Å². The number of carbonyl (C=O) groups excluding carboxylic acids is 3. The highest BCUT2D eigenvalue weighted by Crippen LogP contribution is 2.22. The maximum atomic E-state index is 13.7. The summed E-state index contributed by atoms with van der Waals surface area (Å²) < 4.78 is 26.5. The molecule has 0 saturated heterocycles. The molecule has 2 aromatic carbocycles. The third-order valence-corrected chi connectivity index (χ3v) is 8.08. The lowest BCUT2D eigenvalue weighted by molar-refractivity contribution is -0.139. The van der Waals surface area contributed by atoms with Crippen LogP contribution >= 0.6 is 0 Å². The standard InChI is InChI=1S/C28H37N3O5S/c1-20-11-8-9-12-24(20)18-30(21(2)28(34)29-25-14-6-5-7-15-25)27(33)19-31(37(4,35)36)26-16-10-13-23(17-26)22(3)32/h8-13,16-17,21,25H,5-7,14-15,18-19H2,1-4H3,(H,29,34)/t21-/m1/s1. The summed E-state index contributed by atoms with van der Waals surface area (Å²) in [6, 6.07) is 13.1. The first-order chi connectivity index (χ1) is 17.5. The molecule has 1 aliphatic carbocycles. The van der Waals surface area contributed by atoms with Crippen LogP contribution in [0.25, 0.3) is 0 Å². The van der Waals surface area contributed by atoms with E-state index in [1.165, 1.54) is 17.9 Å². The number of benzene rings is 2. The monoisotopic (exact) mass is 527 g/mol. The van der Waals surface area contributed by atoms with Crippen molar-refractivity contribution in [2.75, 3.05) is 17.1 Å². The molecule has 200 valence electrons. The van der Waals surface area contributed by atoms with Gasteiger partial charge in [-0.05, 0) is 56.9 Å². The van der Waals surface area contributed by atoms with Crippen molar-refractivity contribution in [2.24, 2.45) is 0 Å². The number of ketones is 1. The van der Waals surface area contributed by atoms with Crippen molar-refractivity contribution < 1.29 is 22.8 Å². The Morgan fingerprint density at radius 3 is 2.32 bits per heavy atom. The predicted molar refractivity (Wildman–Crippen MR) is 145 cm³/mol. The maximum absolute atomic E-state index is 13.7. The summed E-state index contributed by atoms with van der Waals surface area (Å²) in [7, 11) is -3.86. The van der Waals surface area contributed by atoms with Gasteiger partial charge in [0.1, 0.15) is 12.6 Å². The van der Waals surface area contributed by atoms with Gasteiger partial charge < -0.3 is 10.2 Å². The third-order valence-electron chi connectivity index (χ3n) is 6.94. The molecule has 1 saturated carbocycles. The summed E-state index contributed by atoms with van der Waals surface area (Å²) in [5, 5.41) is 3.09. The lowest BCUT2D eigenvalue weighted by Gasteiger charge is -2.33.